The first-order valence-electron chi connectivity index (χ1n) is 8.00. The number of carbonyl (C=O) groups excluding carboxylic acids is 5. The molecule has 13 heteroatoms. The number of hydrogen-bond donors (Lipinski definition) is 1. The molecule has 1 amide bonds. The van der Waals surface area contributed by atoms with Gasteiger partial charge in [-0.3, -0.25) is 24.0 Å². The Kier molecular flexibility index (Phi) is 11.2. The van der Waals surface area contributed by atoms with Gasteiger partial charge in [-0.2, -0.15) is 0 Å². The van der Waals surface area contributed by atoms with Crippen LogP contribution >= 0.6 is 79.4 Å². The highest BCUT2D eigenvalue weighted by molar-refractivity contribution is 14.1. The van der Waals surface area contributed by atoms with Gasteiger partial charge in [0.05, 0.1) is 14.8 Å². The molecular formula is C17H15ClI3NO8. The Labute approximate surface area is 217 Å². The first-order valence-corrected chi connectivity index (χ1v) is 11.6. The van der Waals surface area contributed by atoms with E-state index in [2.05, 4.69) is 5.32 Å². The van der Waals surface area contributed by atoms with Crippen LogP contribution in [-0.4, -0.2) is 41.8 Å². The van der Waals surface area contributed by atoms with Crippen molar-refractivity contribution in [2.75, 3.05) is 11.9 Å². The summed E-state index contributed by atoms with van der Waals surface area (Å²) in [5, 5.41) is 1.81. The van der Waals surface area contributed by atoms with Gasteiger partial charge in [-0.05, 0) is 79.4 Å². The van der Waals surface area contributed by atoms with E-state index >= 15 is 0 Å². The summed E-state index contributed by atoms with van der Waals surface area (Å²) in [6.45, 7) is 2.85. The minimum Gasteiger partial charge on any atom is -0.461 e. The van der Waals surface area contributed by atoms with Crippen LogP contribution in [0.3, 0.4) is 0 Å². The van der Waals surface area contributed by atoms with Gasteiger partial charge in [-0.25, -0.2) is 0 Å². The molecule has 164 valence electrons. The van der Waals surface area contributed by atoms with Gasteiger partial charge in [0.25, 0.3) is 11.1 Å². The maximum atomic E-state index is 12.7. The van der Waals surface area contributed by atoms with E-state index in [1.807, 2.05) is 67.8 Å². The van der Waals surface area contributed by atoms with Crippen molar-refractivity contribution >= 4 is 114 Å². The van der Waals surface area contributed by atoms with E-state index in [1.165, 1.54) is 6.92 Å². The van der Waals surface area contributed by atoms with Gasteiger partial charge in [0.1, 0.15) is 13.2 Å². The normalized spacial score (nSPS) is 11.3. The van der Waals surface area contributed by atoms with Crippen molar-refractivity contribution in [1.82, 2.24) is 0 Å². The summed E-state index contributed by atoms with van der Waals surface area (Å²) in [7, 11) is 0. The number of hydrogen-bond acceptors (Lipinski definition) is 8. The van der Waals surface area contributed by atoms with Crippen molar-refractivity contribution in [3.63, 3.8) is 0 Å². The predicted molar refractivity (Wildman–Crippen MR) is 131 cm³/mol. The molecule has 0 aromatic heterocycles. The molecule has 0 saturated heterocycles. The summed E-state index contributed by atoms with van der Waals surface area (Å²) in [4.78, 5) is 58.3. The molecule has 1 rings (SSSR count). The standard InChI is InChI=1S/C17H15ClI3NO8/c1-6(23)28-4-9-12(19)11(16(18)26)14(21)15(13(9)20)22-17(27)10(30-8(3)25)5-29-7(2)24/h10H,4-5H2,1-3H3,(H,22,27). The second-order valence-electron chi connectivity index (χ2n) is 5.61. The number of ether oxygens (including phenoxy) is 3. The molecule has 0 radical (unpaired) electrons. The summed E-state index contributed by atoms with van der Waals surface area (Å²) in [5.74, 6) is -2.71. The van der Waals surface area contributed by atoms with E-state index in [-0.39, 0.29) is 17.9 Å². The summed E-state index contributed by atoms with van der Waals surface area (Å²) in [6.07, 6.45) is -1.41. The highest BCUT2D eigenvalue weighted by Crippen LogP contribution is 2.37. The average molecular weight is 777 g/mol. The van der Waals surface area contributed by atoms with Crippen LogP contribution in [-0.2, 0) is 40.0 Å². The molecule has 1 N–H and O–H groups in total. The SMILES string of the molecule is CC(=O)OCc1c(I)c(NC(=O)C(COC(C)=O)OC(C)=O)c(I)c(C(=O)Cl)c1I. The molecule has 0 spiro atoms. The van der Waals surface area contributed by atoms with Crippen molar-refractivity contribution in [1.29, 1.82) is 0 Å². The zero-order valence-corrected chi connectivity index (χ0v) is 23.0. The van der Waals surface area contributed by atoms with Gasteiger partial charge in [-0.15, -0.1) is 0 Å². The number of nitrogens with one attached hydrogen (secondary N) is 1. The fourth-order valence-electron chi connectivity index (χ4n) is 2.06. The van der Waals surface area contributed by atoms with Gasteiger partial charge in [0.15, 0.2) is 0 Å². The fourth-order valence-corrected chi connectivity index (χ4v) is 6.80. The highest BCUT2D eigenvalue weighted by atomic mass is 127. The fraction of sp³-hybridized carbons (Fsp3) is 0.353. The zero-order chi connectivity index (χ0) is 23.2. The van der Waals surface area contributed by atoms with Crippen LogP contribution in [0.2, 0.25) is 0 Å². The molecule has 0 aliphatic rings. The van der Waals surface area contributed by atoms with Crippen LogP contribution in [0.5, 0.6) is 0 Å². The first kappa shape index (κ1) is 27.3. The Hall–Kier alpha value is -0.750. The van der Waals surface area contributed by atoms with Gasteiger partial charge in [-0.1, -0.05) is 0 Å². The average Bonchev–Trinajstić information content (AvgIpc) is 2.60. The number of benzene rings is 1. The first-order chi connectivity index (χ1) is 13.9. The van der Waals surface area contributed by atoms with Crippen molar-refractivity contribution < 1.29 is 38.2 Å². The number of esters is 3. The largest absolute Gasteiger partial charge is 0.461 e. The Morgan fingerprint density at radius 1 is 0.900 bits per heavy atom. The number of amides is 1. The molecule has 1 unspecified atom stereocenters. The maximum absolute atomic E-state index is 12.7. The molecule has 1 atom stereocenters. The van der Waals surface area contributed by atoms with E-state index < -0.39 is 41.8 Å². The predicted octanol–water partition coefficient (Wildman–Crippen LogP) is 3.38. The molecule has 0 aliphatic heterocycles. The summed E-state index contributed by atoms with van der Waals surface area (Å²) in [6, 6.07) is 0. The van der Waals surface area contributed by atoms with Crippen molar-refractivity contribution in [3.8, 4) is 0 Å². The molecule has 1 aromatic carbocycles. The maximum Gasteiger partial charge on any atom is 0.303 e. The molecule has 0 fully saturated rings. The molecule has 0 heterocycles. The molecule has 30 heavy (non-hydrogen) atoms. The Morgan fingerprint density at radius 2 is 1.47 bits per heavy atom. The monoisotopic (exact) mass is 777 g/mol. The van der Waals surface area contributed by atoms with Crippen LogP contribution in [0.1, 0.15) is 36.7 Å². The number of anilines is 1. The summed E-state index contributed by atoms with van der Waals surface area (Å²) < 4.78 is 16.1. The highest BCUT2D eigenvalue weighted by Gasteiger charge is 2.29. The zero-order valence-electron chi connectivity index (χ0n) is 15.8. The topological polar surface area (TPSA) is 125 Å². The van der Waals surface area contributed by atoms with Crippen molar-refractivity contribution in [2.24, 2.45) is 0 Å². The van der Waals surface area contributed by atoms with Gasteiger partial charge < -0.3 is 19.5 Å². The summed E-state index contributed by atoms with van der Waals surface area (Å²) in [5.41, 5.74) is 0.808. The molecular weight excluding hydrogens is 762 g/mol. The van der Waals surface area contributed by atoms with E-state index in [0.717, 1.165) is 13.8 Å². The molecule has 1 aromatic rings. The van der Waals surface area contributed by atoms with Crippen LogP contribution in [0.4, 0.5) is 5.69 Å². The third-order valence-corrected chi connectivity index (χ3v) is 6.96. The van der Waals surface area contributed by atoms with Gasteiger partial charge >= 0.3 is 17.9 Å². The lowest BCUT2D eigenvalue weighted by Crippen LogP contribution is -2.37. The third-order valence-electron chi connectivity index (χ3n) is 3.31. The second-order valence-corrected chi connectivity index (χ2v) is 9.19. The van der Waals surface area contributed by atoms with Crippen molar-refractivity contribution in [3.05, 3.63) is 21.8 Å². The minimum atomic E-state index is -1.41. The van der Waals surface area contributed by atoms with Crippen LogP contribution in [0, 0.1) is 10.7 Å². The lowest BCUT2D eigenvalue weighted by atomic mass is 10.1. The van der Waals surface area contributed by atoms with Gasteiger partial charge in [0.2, 0.25) is 6.10 Å². The lowest BCUT2D eigenvalue weighted by molar-refractivity contribution is -0.160. The van der Waals surface area contributed by atoms with E-state index in [9.17, 15) is 24.0 Å². The Bertz CT molecular complexity index is 906. The molecule has 9 nitrogen and oxygen atoms in total. The van der Waals surface area contributed by atoms with E-state index in [4.69, 9.17) is 25.8 Å². The van der Waals surface area contributed by atoms with E-state index in [1.54, 1.807) is 0 Å². The quantitative estimate of drug-likeness (QED) is 0.185. The number of halogens is 4. The Balaban J connectivity index is 3.41. The smallest absolute Gasteiger partial charge is 0.303 e. The summed E-state index contributed by atoms with van der Waals surface area (Å²) >= 11 is 11.4. The van der Waals surface area contributed by atoms with E-state index in [0.29, 0.717) is 16.3 Å². The van der Waals surface area contributed by atoms with Gasteiger partial charge in [0, 0.05) is 33.5 Å². The molecule has 0 saturated carbocycles. The van der Waals surface area contributed by atoms with Crippen LogP contribution < -0.4 is 5.32 Å². The third kappa shape index (κ3) is 7.74. The lowest BCUT2D eigenvalue weighted by Gasteiger charge is -2.21. The second kappa shape index (κ2) is 12.3. The Morgan fingerprint density at radius 3 is 1.93 bits per heavy atom. The van der Waals surface area contributed by atoms with Crippen LogP contribution in [0.25, 0.3) is 0 Å². The molecule has 0 aliphatic carbocycles. The number of carbonyl (C=O) groups is 5. The molecule has 0 bridgehead atoms. The van der Waals surface area contributed by atoms with Crippen molar-refractivity contribution in [2.45, 2.75) is 33.5 Å². The minimum absolute atomic E-state index is 0.125. The van der Waals surface area contributed by atoms with Crippen LogP contribution in [0.15, 0.2) is 0 Å². The number of rotatable bonds is 8.